The number of carbonyl (C=O) groups is 1. The smallest absolute Gasteiger partial charge is 0.362 e. The molecule has 1 amide bonds. The summed E-state index contributed by atoms with van der Waals surface area (Å²) in [5, 5.41) is 16.0. The molecule has 2 aliphatic rings. The van der Waals surface area contributed by atoms with Crippen molar-refractivity contribution in [1.29, 1.82) is 0 Å². The minimum absolute atomic E-state index is 0.126. The van der Waals surface area contributed by atoms with E-state index in [-0.39, 0.29) is 22.0 Å². The van der Waals surface area contributed by atoms with Crippen LogP contribution in [0.5, 0.6) is 0 Å². The highest BCUT2D eigenvalue weighted by atomic mass is 32.1. The third-order valence-corrected chi connectivity index (χ3v) is 4.81. The van der Waals surface area contributed by atoms with Crippen LogP contribution in [0.2, 0.25) is 0 Å². The average Bonchev–Trinajstić information content (AvgIpc) is 3.05. The van der Waals surface area contributed by atoms with E-state index >= 15 is 0 Å². The Labute approximate surface area is 122 Å². The number of halogens is 3. The van der Waals surface area contributed by atoms with Crippen molar-refractivity contribution >= 4 is 23.0 Å². The normalized spacial score (nSPS) is 29.2. The third kappa shape index (κ3) is 2.08. The van der Waals surface area contributed by atoms with Crippen molar-refractivity contribution in [2.45, 2.75) is 37.6 Å². The van der Waals surface area contributed by atoms with Gasteiger partial charge in [0.15, 0.2) is 0 Å². The van der Waals surface area contributed by atoms with Crippen LogP contribution in [0.4, 0.5) is 13.2 Å². The molecule has 1 aliphatic heterocycles. The van der Waals surface area contributed by atoms with Gasteiger partial charge in [0.2, 0.25) is 0 Å². The molecule has 2 atom stereocenters. The van der Waals surface area contributed by atoms with Gasteiger partial charge in [-0.2, -0.15) is 23.3 Å². The number of alkyl halides is 3. The van der Waals surface area contributed by atoms with E-state index in [4.69, 9.17) is 0 Å². The van der Waals surface area contributed by atoms with Gasteiger partial charge in [-0.3, -0.25) is 4.79 Å². The summed E-state index contributed by atoms with van der Waals surface area (Å²) in [5.41, 5.74) is -2.96. The van der Waals surface area contributed by atoms with Crippen LogP contribution in [0.15, 0.2) is 22.6 Å². The number of hydrazone groups is 1. The van der Waals surface area contributed by atoms with Gasteiger partial charge in [-0.25, -0.2) is 0 Å². The largest absolute Gasteiger partial charge is 0.439 e. The minimum atomic E-state index is -4.95. The zero-order valence-electron chi connectivity index (χ0n) is 10.9. The molecule has 1 saturated carbocycles. The van der Waals surface area contributed by atoms with Crippen LogP contribution in [0, 0.1) is 5.92 Å². The standard InChI is InChI=1S/C13H13F3N2O2S/c14-13(15,16)12(20)8-4-1-2-5-9(8)17-18(12)11(19)10-6-3-7-21-10/h3,6-8,20H,1-2,4-5H2/t8-,12+/m0/s1. The Balaban J connectivity index is 2.04. The van der Waals surface area contributed by atoms with Crippen molar-refractivity contribution in [3.63, 3.8) is 0 Å². The van der Waals surface area contributed by atoms with Crippen LogP contribution >= 0.6 is 11.3 Å². The fourth-order valence-corrected chi connectivity index (χ4v) is 3.57. The Hall–Kier alpha value is -1.41. The number of fused-ring (bicyclic) bond motifs is 1. The fourth-order valence-electron chi connectivity index (χ4n) is 2.92. The Bertz CT molecular complexity index is 585. The minimum Gasteiger partial charge on any atom is -0.362 e. The molecule has 1 N–H and O–H groups in total. The molecule has 1 aromatic heterocycles. The zero-order chi connectivity index (χ0) is 15.3. The van der Waals surface area contributed by atoms with Crippen LogP contribution < -0.4 is 0 Å². The number of rotatable bonds is 1. The van der Waals surface area contributed by atoms with Crippen LogP contribution in [0.3, 0.4) is 0 Å². The zero-order valence-corrected chi connectivity index (χ0v) is 11.7. The molecule has 4 nitrogen and oxygen atoms in total. The molecule has 21 heavy (non-hydrogen) atoms. The molecule has 114 valence electrons. The molecular weight excluding hydrogens is 305 g/mol. The second-order valence-electron chi connectivity index (χ2n) is 5.21. The van der Waals surface area contributed by atoms with E-state index in [1.807, 2.05) is 0 Å². The van der Waals surface area contributed by atoms with Crippen molar-refractivity contribution in [3.05, 3.63) is 22.4 Å². The number of amides is 1. The Kier molecular flexibility index (Phi) is 3.32. The first-order chi connectivity index (χ1) is 9.85. The lowest BCUT2D eigenvalue weighted by Gasteiger charge is -2.38. The molecule has 1 aliphatic carbocycles. The third-order valence-electron chi connectivity index (χ3n) is 3.96. The van der Waals surface area contributed by atoms with Crippen molar-refractivity contribution in [2.24, 2.45) is 11.0 Å². The van der Waals surface area contributed by atoms with E-state index in [9.17, 15) is 23.1 Å². The molecule has 1 fully saturated rings. The molecule has 1 aromatic rings. The summed E-state index contributed by atoms with van der Waals surface area (Å²) in [6.45, 7) is 0. The van der Waals surface area contributed by atoms with Crippen LogP contribution in [-0.2, 0) is 0 Å². The van der Waals surface area contributed by atoms with E-state index in [1.165, 1.54) is 6.07 Å². The first-order valence-corrected chi connectivity index (χ1v) is 7.48. The number of hydrogen-bond donors (Lipinski definition) is 1. The molecule has 0 saturated heterocycles. The first kappa shape index (κ1) is 14.5. The number of hydrogen-bond acceptors (Lipinski definition) is 4. The predicted octanol–water partition coefficient (Wildman–Crippen LogP) is 3.00. The van der Waals surface area contributed by atoms with Crippen molar-refractivity contribution in [3.8, 4) is 0 Å². The van der Waals surface area contributed by atoms with Gasteiger partial charge >= 0.3 is 6.18 Å². The average molecular weight is 318 g/mol. The number of thiophene rings is 1. The summed E-state index contributed by atoms with van der Waals surface area (Å²) in [6, 6.07) is 2.99. The fraction of sp³-hybridized carbons (Fsp3) is 0.538. The SMILES string of the molecule is O=C(c1cccs1)N1N=C2CCCC[C@@H]2[C@@]1(O)C(F)(F)F. The van der Waals surface area contributed by atoms with Crippen LogP contribution in [0.1, 0.15) is 35.4 Å². The Morgan fingerprint density at radius 3 is 2.86 bits per heavy atom. The molecule has 2 heterocycles. The van der Waals surface area contributed by atoms with Gasteiger partial charge in [-0.05, 0) is 30.7 Å². The molecule has 3 rings (SSSR count). The molecule has 0 spiro atoms. The van der Waals surface area contributed by atoms with Crippen molar-refractivity contribution in [1.82, 2.24) is 5.01 Å². The Morgan fingerprint density at radius 1 is 1.48 bits per heavy atom. The lowest BCUT2D eigenvalue weighted by atomic mass is 9.80. The maximum atomic E-state index is 13.5. The number of nitrogens with zero attached hydrogens (tertiary/aromatic N) is 2. The van der Waals surface area contributed by atoms with E-state index < -0.39 is 23.7 Å². The molecular formula is C13H13F3N2O2S. The number of carbonyl (C=O) groups excluding carboxylic acids is 1. The van der Waals surface area contributed by atoms with E-state index in [1.54, 1.807) is 11.4 Å². The van der Waals surface area contributed by atoms with Gasteiger partial charge in [-0.15, -0.1) is 11.3 Å². The van der Waals surface area contributed by atoms with Gasteiger partial charge < -0.3 is 5.11 Å². The summed E-state index contributed by atoms with van der Waals surface area (Å²) in [4.78, 5) is 12.4. The van der Waals surface area contributed by atoms with Gasteiger partial charge in [0.1, 0.15) is 0 Å². The van der Waals surface area contributed by atoms with E-state index in [0.29, 0.717) is 12.8 Å². The monoisotopic (exact) mass is 318 g/mol. The van der Waals surface area contributed by atoms with Gasteiger partial charge in [-0.1, -0.05) is 12.5 Å². The van der Waals surface area contributed by atoms with Gasteiger partial charge in [0.25, 0.3) is 11.6 Å². The summed E-state index contributed by atoms with van der Waals surface area (Å²) in [5.74, 6) is -2.07. The Morgan fingerprint density at radius 2 is 2.24 bits per heavy atom. The predicted molar refractivity (Wildman–Crippen MR) is 70.9 cm³/mol. The highest BCUT2D eigenvalue weighted by Crippen LogP contribution is 2.48. The molecule has 0 radical (unpaired) electrons. The quantitative estimate of drug-likeness (QED) is 0.865. The first-order valence-electron chi connectivity index (χ1n) is 6.60. The highest BCUT2D eigenvalue weighted by Gasteiger charge is 2.68. The summed E-state index contributed by atoms with van der Waals surface area (Å²) >= 11 is 1.02. The molecule has 0 unspecified atom stereocenters. The van der Waals surface area contributed by atoms with E-state index in [0.717, 1.165) is 17.8 Å². The van der Waals surface area contributed by atoms with Crippen molar-refractivity contribution < 1.29 is 23.1 Å². The second-order valence-corrected chi connectivity index (χ2v) is 6.16. The van der Waals surface area contributed by atoms with Crippen molar-refractivity contribution in [2.75, 3.05) is 0 Å². The maximum absolute atomic E-state index is 13.5. The molecule has 8 heteroatoms. The van der Waals surface area contributed by atoms with Gasteiger partial charge in [0, 0.05) is 5.71 Å². The topological polar surface area (TPSA) is 52.9 Å². The summed E-state index contributed by atoms with van der Waals surface area (Å²) < 4.78 is 40.4. The molecule has 0 bridgehead atoms. The second kappa shape index (κ2) is 4.81. The maximum Gasteiger partial charge on any atom is 0.439 e. The lowest BCUT2D eigenvalue weighted by molar-refractivity contribution is -0.312. The number of aliphatic hydroxyl groups is 1. The molecule has 0 aromatic carbocycles. The lowest BCUT2D eigenvalue weighted by Crippen LogP contribution is -2.61. The highest BCUT2D eigenvalue weighted by molar-refractivity contribution is 7.12. The summed E-state index contributed by atoms with van der Waals surface area (Å²) in [7, 11) is 0. The summed E-state index contributed by atoms with van der Waals surface area (Å²) in [6.07, 6.45) is -3.07. The van der Waals surface area contributed by atoms with Crippen LogP contribution in [0.25, 0.3) is 0 Å². The van der Waals surface area contributed by atoms with E-state index in [2.05, 4.69) is 5.10 Å². The van der Waals surface area contributed by atoms with Crippen LogP contribution in [-0.4, -0.2) is 33.6 Å². The van der Waals surface area contributed by atoms with Gasteiger partial charge in [0.05, 0.1) is 10.8 Å².